The normalized spacial score (nSPS) is 20.9. The number of aromatic amines is 1. The first-order valence-corrected chi connectivity index (χ1v) is 7.51. The molecule has 0 bridgehead atoms. The fourth-order valence-corrected chi connectivity index (χ4v) is 2.32. The number of rotatable bonds is 3. The highest BCUT2D eigenvalue weighted by atomic mass is 79.9. The van der Waals surface area contributed by atoms with E-state index >= 15 is 0 Å². The van der Waals surface area contributed by atoms with Crippen molar-refractivity contribution in [3.8, 4) is 0 Å². The Morgan fingerprint density at radius 1 is 1.38 bits per heavy atom. The topological polar surface area (TPSA) is 71.6 Å². The van der Waals surface area contributed by atoms with Crippen molar-refractivity contribution in [1.29, 1.82) is 0 Å². The SMILES string of the molecule is CC1(C)OB(C(=Cc2cc(Br)c[nH]c2=O)CO)OC1(C)C. The highest BCUT2D eigenvalue weighted by Gasteiger charge is 2.52. The molecule has 0 unspecified atom stereocenters. The zero-order valence-corrected chi connectivity index (χ0v) is 14.2. The fourth-order valence-electron chi connectivity index (χ4n) is 1.96. The van der Waals surface area contributed by atoms with Crippen LogP contribution in [0.4, 0.5) is 0 Å². The van der Waals surface area contributed by atoms with Crippen LogP contribution in [-0.2, 0) is 9.31 Å². The van der Waals surface area contributed by atoms with Crippen LogP contribution in [0.15, 0.2) is 27.0 Å². The summed E-state index contributed by atoms with van der Waals surface area (Å²) in [5, 5.41) is 9.60. The molecule has 0 aromatic carbocycles. The molecule has 2 N–H and O–H groups in total. The van der Waals surface area contributed by atoms with Gasteiger partial charge in [-0.15, -0.1) is 0 Å². The van der Waals surface area contributed by atoms with Gasteiger partial charge in [-0.05, 0) is 55.2 Å². The van der Waals surface area contributed by atoms with Gasteiger partial charge in [0, 0.05) is 16.2 Å². The number of aliphatic hydroxyl groups is 1. The Morgan fingerprint density at radius 2 is 1.95 bits per heavy atom. The second-order valence-corrected chi connectivity index (χ2v) is 6.98. The maximum atomic E-state index is 11.8. The number of nitrogens with one attached hydrogen (secondary N) is 1. The molecule has 0 saturated carbocycles. The van der Waals surface area contributed by atoms with Crippen LogP contribution in [0.25, 0.3) is 6.08 Å². The third-order valence-corrected chi connectivity index (χ3v) is 4.43. The van der Waals surface area contributed by atoms with Crippen molar-refractivity contribution in [2.75, 3.05) is 6.61 Å². The van der Waals surface area contributed by atoms with Crippen molar-refractivity contribution in [3.05, 3.63) is 38.1 Å². The third-order valence-electron chi connectivity index (χ3n) is 3.98. The van der Waals surface area contributed by atoms with Gasteiger partial charge in [0.25, 0.3) is 5.56 Å². The molecule has 1 fully saturated rings. The van der Waals surface area contributed by atoms with E-state index < -0.39 is 18.3 Å². The summed E-state index contributed by atoms with van der Waals surface area (Å²) in [6.45, 7) is 7.51. The first-order chi connectivity index (χ1) is 9.66. The molecule has 1 aromatic rings. The lowest BCUT2D eigenvalue weighted by atomic mass is 9.77. The molecule has 0 radical (unpaired) electrons. The van der Waals surface area contributed by atoms with Crippen LogP contribution in [0.1, 0.15) is 33.3 Å². The van der Waals surface area contributed by atoms with E-state index in [1.807, 2.05) is 27.7 Å². The number of hydrogen-bond acceptors (Lipinski definition) is 4. The van der Waals surface area contributed by atoms with Crippen LogP contribution < -0.4 is 5.56 Å². The Hall–Kier alpha value is -0.885. The zero-order chi connectivity index (χ0) is 15.8. The number of aliphatic hydroxyl groups excluding tert-OH is 1. The molecule has 1 saturated heterocycles. The minimum atomic E-state index is -0.668. The average Bonchev–Trinajstić information content (AvgIpc) is 2.59. The summed E-state index contributed by atoms with van der Waals surface area (Å²) in [6.07, 6.45) is 3.17. The second kappa shape index (κ2) is 5.72. The molecule has 0 atom stereocenters. The quantitative estimate of drug-likeness (QED) is 0.815. The summed E-state index contributed by atoms with van der Waals surface area (Å²) in [7, 11) is -0.668. The first-order valence-electron chi connectivity index (χ1n) is 6.71. The van der Waals surface area contributed by atoms with Crippen molar-refractivity contribution >= 4 is 29.1 Å². The van der Waals surface area contributed by atoms with Crippen molar-refractivity contribution in [2.45, 2.75) is 38.9 Å². The van der Waals surface area contributed by atoms with Crippen LogP contribution >= 0.6 is 15.9 Å². The lowest BCUT2D eigenvalue weighted by Gasteiger charge is -2.32. The number of hydrogen-bond donors (Lipinski definition) is 2. The van der Waals surface area contributed by atoms with Crippen LogP contribution in [0.5, 0.6) is 0 Å². The number of pyridine rings is 1. The second-order valence-electron chi connectivity index (χ2n) is 6.07. The van der Waals surface area contributed by atoms with Gasteiger partial charge in [0.15, 0.2) is 0 Å². The fraction of sp³-hybridized carbons (Fsp3) is 0.500. The van der Waals surface area contributed by atoms with Gasteiger partial charge < -0.3 is 19.4 Å². The highest BCUT2D eigenvalue weighted by molar-refractivity contribution is 9.10. The van der Waals surface area contributed by atoms with Crippen molar-refractivity contribution in [1.82, 2.24) is 4.98 Å². The smallest absolute Gasteiger partial charge is 0.400 e. The van der Waals surface area contributed by atoms with E-state index in [2.05, 4.69) is 20.9 Å². The van der Waals surface area contributed by atoms with Gasteiger partial charge in [-0.2, -0.15) is 0 Å². The summed E-state index contributed by atoms with van der Waals surface area (Å²) in [4.78, 5) is 14.4. The zero-order valence-electron chi connectivity index (χ0n) is 12.6. The monoisotopic (exact) mass is 355 g/mol. The van der Waals surface area contributed by atoms with Gasteiger partial charge in [0.1, 0.15) is 0 Å². The van der Waals surface area contributed by atoms with Gasteiger partial charge in [-0.3, -0.25) is 4.79 Å². The molecule has 0 spiro atoms. The first kappa shape index (κ1) is 16.5. The van der Waals surface area contributed by atoms with Gasteiger partial charge in [-0.25, -0.2) is 0 Å². The number of halogens is 1. The largest absolute Gasteiger partial charge is 0.492 e. The maximum absolute atomic E-state index is 11.8. The average molecular weight is 356 g/mol. The van der Waals surface area contributed by atoms with Gasteiger partial charge in [0.2, 0.25) is 0 Å². The standard InChI is InChI=1S/C14H19BBrNO4/c1-13(2)14(3,4)21-15(20-13)10(8-18)5-9-6-11(16)7-17-12(9)19/h5-7,18H,8H2,1-4H3,(H,17,19). The van der Waals surface area contributed by atoms with Crippen LogP contribution in [-0.4, -0.2) is 35.0 Å². The Kier molecular flexibility index (Phi) is 4.49. The number of H-pyrrole nitrogens is 1. The summed E-state index contributed by atoms with van der Waals surface area (Å²) in [5.41, 5.74) is -0.272. The molecular weight excluding hydrogens is 337 g/mol. The highest BCUT2D eigenvalue weighted by Crippen LogP contribution is 2.38. The van der Waals surface area contributed by atoms with E-state index in [-0.39, 0.29) is 12.2 Å². The Morgan fingerprint density at radius 3 is 2.48 bits per heavy atom. The van der Waals surface area contributed by atoms with Gasteiger partial charge >= 0.3 is 7.12 Å². The predicted molar refractivity (Wildman–Crippen MR) is 85.9 cm³/mol. The third kappa shape index (κ3) is 3.31. The maximum Gasteiger partial charge on any atom is 0.492 e. The summed E-state index contributed by atoms with van der Waals surface area (Å²) >= 11 is 3.30. The van der Waals surface area contributed by atoms with E-state index in [1.165, 1.54) is 0 Å². The lowest BCUT2D eigenvalue weighted by molar-refractivity contribution is 0.00578. The molecule has 1 aromatic heterocycles. The number of aromatic nitrogens is 1. The molecule has 2 heterocycles. The summed E-state index contributed by atoms with van der Waals surface area (Å²) in [5.74, 6) is 0. The molecule has 7 heteroatoms. The van der Waals surface area contributed by atoms with Crippen molar-refractivity contribution in [3.63, 3.8) is 0 Å². The van der Waals surface area contributed by atoms with Crippen molar-refractivity contribution in [2.24, 2.45) is 0 Å². The van der Waals surface area contributed by atoms with E-state index in [1.54, 1.807) is 18.3 Å². The van der Waals surface area contributed by atoms with E-state index in [0.29, 0.717) is 11.0 Å². The van der Waals surface area contributed by atoms with Crippen molar-refractivity contribution < 1.29 is 14.4 Å². The molecule has 0 aliphatic carbocycles. The molecule has 1 aliphatic rings. The van der Waals surface area contributed by atoms with E-state index in [9.17, 15) is 9.90 Å². The minimum absolute atomic E-state index is 0.235. The van der Waals surface area contributed by atoms with E-state index in [0.717, 1.165) is 4.47 Å². The van der Waals surface area contributed by atoms with Gasteiger partial charge in [-0.1, -0.05) is 6.08 Å². The minimum Gasteiger partial charge on any atom is -0.400 e. The molecule has 2 rings (SSSR count). The summed E-state index contributed by atoms with van der Waals surface area (Å²) < 4.78 is 12.5. The lowest BCUT2D eigenvalue weighted by Crippen LogP contribution is -2.41. The van der Waals surface area contributed by atoms with Crippen LogP contribution in [0.2, 0.25) is 0 Å². The Bertz CT molecular complexity index is 608. The molecular formula is C14H19BBrNO4. The Labute approximate surface area is 132 Å². The summed E-state index contributed by atoms with van der Waals surface area (Å²) in [6, 6.07) is 1.68. The molecule has 114 valence electrons. The predicted octanol–water partition coefficient (Wildman–Crippen LogP) is 2.14. The van der Waals surface area contributed by atoms with Crippen LogP contribution in [0, 0.1) is 0 Å². The molecule has 21 heavy (non-hydrogen) atoms. The molecule has 0 amide bonds. The van der Waals surface area contributed by atoms with Crippen LogP contribution in [0.3, 0.4) is 0 Å². The van der Waals surface area contributed by atoms with Gasteiger partial charge in [0.05, 0.1) is 17.8 Å². The molecule has 1 aliphatic heterocycles. The molecule has 5 nitrogen and oxygen atoms in total. The Balaban J connectivity index is 2.35. The van der Waals surface area contributed by atoms with E-state index in [4.69, 9.17) is 9.31 Å².